The van der Waals surface area contributed by atoms with Crippen LogP contribution in [0.1, 0.15) is 40.9 Å². The first-order valence-corrected chi connectivity index (χ1v) is 11.4. The molecule has 3 heterocycles. The second-order valence-electron chi connectivity index (χ2n) is 6.59. The van der Waals surface area contributed by atoms with Crippen LogP contribution in [0.15, 0.2) is 16.6 Å². The Morgan fingerprint density at radius 1 is 1.36 bits per heavy atom. The summed E-state index contributed by atoms with van der Waals surface area (Å²) < 4.78 is 2.12. The number of hydrogen-bond acceptors (Lipinski definition) is 6. The zero-order valence-electron chi connectivity index (χ0n) is 14.8. The normalized spacial score (nSPS) is 17.0. The molecule has 0 saturated carbocycles. The van der Waals surface area contributed by atoms with Crippen LogP contribution in [0.3, 0.4) is 0 Å². The van der Waals surface area contributed by atoms with Crippen LogP contribution >= 0.6 is 34.4 Å². The summed E-state index contributed by atoms with van der Waals surface area (Å²) in [7, 11) is 2.07. The van der Waals surface area contributed by atoms with Crippen LogP contribution in [0.4, 0.5) is 0 Å². The van der Waals surface area contributed by atoms with Crippen molar-refractivity contribution in [3.63, 3.8) is 0 Å². The molecule has 0 bridgehead atoms. The van der Waals surface area contributed by atoms with Gasteiger partial charge in [-0.2, -0.15) is 0 Å². The Balaban J connectivity index is 1.52. The number of rotatable bonds is 5. The Hall–Kier alpha value is -1.18. The molecule has 1 aliphatic rings. The monoisotopic (exact) mass is 390 g/mol. The second-order valence-corrected chi connectivity index (χ2v) is 9.73. The fourth-order valence-corrected chi connectivity index (χ4v) is 6.08. The van der Waals surface area contributed by atoms with Gasteiger partial charge in [0, 0.05) is 23.1 Å². The van der Waals surface area contributed by atoms with Crippen molar-refractivity contribution < 1.29 is 0 Å². The minimum atomic E-state index is 0.843. The molecule has 0 radical (unpaired) electrons. The summed E-state index contributed by atoms with van der Waals surface area (Å²) in [6, 6.07) is 2.35. The Bertz CT molecular complexity index is 877. The van der Waals surface area contributed by atoms with E-state index in [2.05, 4.69) is 45.2 Å². The fraction of sp³-hybridized carbons (Fsp3) is 0.500. The largest absolute Gasteiger partial charge is 0.304 e. The van der Waals surface area contributed by atoms with Crippen LogP contribution in [0.25, 0.3) is 10.7 Å². The lowest BCUT2D eigenvalue weighted by Crippen LogP contribution is -2.10. The van der Waals surface area contributed by atoms with E-state index in [0.29, 0.717) is 0 Å². The molecule has 7 heteroatoms. The van der Waals surface area contributed by atoms with E-state index in [9.17, 15) is 0 Å². The van der Waals surface area contributed by atoms with E-state index in [1.54, 1.807) is 28.0 Å². The third-order valence-electron chi connectivity index (χ3n) is 4.83. The number of thiazole rings is 1. The molecule has 1 atom stereocenters. The van der Waals surface area contributed by atoms with Crippen LogP contribution < -0.4 is 0 Å². The van der Waals surface area contributed by atoms with Crippen LogP contribution in [-0.4, -0.2) is 19.7 Å². The van der Waals surface area contributed by atoms with Crippen LogP contribution in [0.5, 0.6) is 0 Å². The third-order valence-corrected chi connectivity index (χ3v) is 7.94. The first-order valence-electron chi connectivity index (χ1n) is 8.69. The maximum absolute atomic E-state index is 4.52. The SMILES string of the molecule is CCC1CCc2sc(-c3nnc(SCc4csc(C)n4)n3C)cc2C1. The lowest BCUT2D eigenvalue weighted by atomic mass is 9.87. The highest BCUT2D eigenvalue weighted by molar-refractivity contribution is 7.98. The molecule has 4 nitrogen and oxygen atoms in total. The molecular weight excluding hydrogens is 368 g/mol. The molecule has 3 aromatic rings. The van der Waals surface area contributed by atoms with Crippen molar-refractivity contribution in [3.8, 4) is 10.7 Å². The van der Waals surface area contributed by atoms with Gasteiger partial charge in [-0.15, -0.1) is 32.9 Å². The molecule has 132 valence electrons. The first-order chi connectivity index (χ1) is 12.1. The minimum absolute atomic E-state index is 0.843. The molecule has 0 saturated heterocycles. The number of fused-ring (bicyclic) bond motifs is 1. The summed E-state index contributed by atoms with van der Waals surface area (Å²) in [5.41, 5.74) is 2.66. The highest BCUT2D eigenvalue weighted by Gasteiger charge is 2.22. The molecule has 1 unspecified atom stereocenters. The molecule has 0 N–H and O–H groups in total. The van der Waals surface area contributed by atoms with E-state index >= 15 is 0 Å². The van der Waals surface area contributed by atoms with E-state index in [0.717, 1.165) is 33.4 Å². The molecule has 4 rings (SSSR count). The Labute approximate surface area is 160 Å². The van der Waals surface area contributed by atoms with Gasteiger partial charge in [-0.25, -0.2) is 4.98 Å². The number of thiophene rings is 1. The Morgan fingerprint density at radius 2 is 2.24 bits per heavy atom. The van der Waals surface area contributed by atoms with Gasteiger partial charge >= 0.3 is 0 Å². The van der Waals surface area contributed by atoms with Crippen molar-refractivity contribution in [2.45, 2.75) is 50.4 Å². The highest BCUT2D eigenvalue weighted by Crippen LogP contribution is 2.38. The lowest BCUT2D eigenvalue weighted by molar-refractivity contribution is 0.449. The topological polar surface area (TPSA) is 43.6 Å². The zero-order valence-corrected chi connectivity index (χ0v) is 17.2. The van der Waals surface area contributed by atoms with E-state index in [1.807, 2.05) is 18.3 Å². The van der Waals surface area contributed by atoms with Crippen molar-refractivity contribution in [1.29, 1.82) is 0 Å². The molecule has 0 aliphatic heterocycles. The van der Waals surface area contributed by atoms with Gasteiger partial charge in [-0.3, -0.25) is 0 Å². The summed E-state index contributed by atoms with van der Waals surface area (Å²) in [6.45, 7) is 4.35. The first kappa shape index (κ1) is 17.2. The van der Waals surface area contributed by atoms with Gasteiger partial charge in [0.1, 0.15) is 0 Å². The van der Waals surface area contributed by atoms with Crippen LogP contribution in [-0.2, 0) is 25.6 Å². The van der Waals surface area contributed by atoms with E-state index in [-0.39, 0.29) is 0 Å². The molecule has 0 amide bonds. The fourth-order valence-electron chi connectivity index (χ4n) is 3.33. The van der Waals surface area contributed by atoms with Gasteiger partial charge in [0.25, 0.3) is 0 Å². The zero-order chi connectivity index (χ0) is 17.4. The van der Waals surface area contributed by atoms with Crippen LogP contribution in [0.2, 0.25) is 0 Å². The molecule has 25 heavy (non-hydrogen) atoms. The van der Waals surface area contributed by atoms with Gasteiger partial charge in [0.05, 0.1) is 15.6 Å². The minimum Gasteiger partial charge on any atom is -0.304 e. The van der Waals surface area contributed by atoms with Gasteiger partial charge in [-0.1, -0.05) is 25.1 Å². The number of aromatic nitrogens is 4. The van der Waals surface area contributed by atoms with Crippen molar-refractivity contribution in [3.05, 3.63) is 32.6 Å². The van der Waals surface area contributed by atoms with E-state index in [4.69, 9.17) is 0 Å². The van der Waals surface area contributed by atoms with Crippen molar-refractivity contribution in [2.75, 3.05) is 0 Å². The summed E-state index contributed by atoms with van der Waals surface area (Å²) >= 11 is 5.31. The number of hydrogen-bond donors (Lipinski definition) is 0. The van der Waals surface area contributed by atoms with Gasteiger partial charge in [0.2, 0.25) is 0 Å². The predicted molar refractivity (Wildman–Crippen MR) is 107 cm³/mol. The molecule has 0 aromatic carbocycles. The summed E-state index contributed by atoms with van der Waals surface area (Å²) in [6.07, 6.45) is 5.06. The average molecular weight is 391 g/mol. The highest BCUT2D eigenvalue weighted by atomic mass is 32.2. The molecular formula is C18H22N4S3. The van der Waals surface area contributed by atoms with Gasteiger partial charge < -0.3 is 4.57 Å². The third kappa shape index (κ3) is 3.55. The summed E-state index contributed by atoms with van der Waals surface area (Å²) in [4.78, 5) is 7.33. The molecule has 1 aliphatic carbocycles. The predicted octanol–water partition coefficient (Wildman–Crippen LogP) is 5.12. The van der Waals surface area contributed by atoms with Gasteiger partial charge in [-0.05, 0) is 43.7 Å². The number of aryl methyl sites for hydroxylation is 2. The maximum Gasteiger partial charge on any atom is 0.191 e. The quantitative estimate of drug-likeness (QED) is 0.567. The maximum atomic E-state index is 4.52. The number of nitrogens with zero attached hydrogens (tertiary/aromatic N) is 4. The van der Waals surface area contributed by atoms with Crippen LogP contribution in [0, 0.1) is 12.8 Å². The standard InChI is InChI=1S/C18H22N4S3/c1-4-12-5-6-15-13(7-12)8-16(25-15)17-20-21-18(22(17)3)24-10-14-9-23-11(2)19-14/h8-9,12H,4-7,10H2,1-3H3. The molecule has 3 aromatic heterocycles. The Kier molecular flexibility index (Phi) is 4.97. The smallest absolute Gasteiger partial charge is 0.191 e. The van der Waals surface area contributed by atoms with E-state index in [1.165, 1.54) is 36.1 Å². The molecule has 0 fully saturated rings. The second kappa shape index (κ2) is 7.21. The van der Waals surface area contributed by atoms with Crippen molar-refractivity contribution >= 4 is 34.4 Å². The summed E-state index contributed by atoms with van der Waals surface area (Å²) in [5.74, 6) is 2.68. The van der Waals surface area contributed by atoms with Crippen molar-refractivity contribution in [2.24, 2.45) is 13.0 Å². The average Bonchev–Trinajstić information content (AvgIpc) is 3.30. The molecule has 0 spiro atoms. The van der Waals surface area contributed by atoms with Crippen molar-refractivity contribution in [1.82, 2.24) is 19.7 Å². The number of thioether (sulfide) groups is 1. The van der Waals surface area contributed by atoms with Gasteiger partial charge in [0.15, 0.2) is 11.0 Å². The summed E-state index contributed by atoms with van der Waals surface area (Å²) in [5, 5.41) is 13.1. The lowest BCUT2D eigenvalue weighted by Gasteiger charge is -2.19. The Morgan fingerprint density at radius 3 is 3.00 bits per heavy atom. The van der Waals surface area contributed by atoms with E-state index < -0.39 is 0 Å².